The van der Waals surface area contributed by atoms with E-state index in [9.17, 15) is 115 Å². The fourth-order valence-electron chi connectivity index (χ4n) is 2.88. The van der Waals surface area contributed by atoms with Crippen molar-refractivity contribution in [2.75, 3.05) is 6.61 Å². The van der Waals surface area contributed by atoms with Gasteiger partial charge in [-0.1, -0.05) is 6.58 Å². The van der Waals surface area contributed by atoms with E-state index < -0.39 is 95.8 Å². The third-order valence-corrected chi connectivity index (χ3v) is 5.37. The number of carbonyl (C=O) groups is 3. The normalized spacial score (nSPS) is 18.7. The van der Waals surface area contributed by atoms with Gasteiger partial charge in [-0.2, -0.15) is 87.8 Å². The second-order valence-corrected chi connectivity index (χ2v) is 8.18. The Bertz CT molecular complexity index is 1160. The van der Waals surface area contributed by atoms with E-state index in [-0.39, 0.29) is 6.26 Å². The Labute approximate surface area is 230 Å². The highest BCUT2D eigenvalue weighted by Gasteiger charge is 2.93. The number of halogens is 23. The highest BCUT2D eigenvalue weighted by atomic mass is 19.4. The molecule has 0 saturated heterocycles. The van der Waals surface area contributed by atoms with Crippen LogP contribution in [0.5, 0.6) is 0 Å². The van der Waals surface area contributed by atoms with Crippen molar-refractivity contribution in [3.8, 4) is 0 Å². The summed E-state index contributed by atoms with van der Waals surface area (Å²) in [7, 11) is 0. The Balaban J connectivity index is 7.88. The number of ketones is 3. The lowest BCUT2D eigenvalue weighted by molar-refractivity contribution is -0.355. The molecule has 0 aromatic heterocycles. The van der Waals surface area contributed by atoms with E-state index in [0.717, 1.165) is 0 Å². The van der Waals surface area contributed by atoms with Crippen molar-refractivity contribution < 1.29 is 120 Å². The molecule has 4 nitrogen and oxygen atoms in total. The smallest absolute Gasteiger partial charge is 0.460 e. The molecule has 0 heterocycles. The highest BCUT2D eigenvalue weighted by molar-refractivity contribution is 6.09. The molecular formula is C18H7F23O4. The summed E-state index contributed by atoms with van der Waals surface area (Å²) in [5.41, 5.74) is -24.6. The van der Waals surface area contributed by atoms with E-state index in [1.165, 1.54) is 0 Å². The van der Waals surface area contributed by atoms with Crippen LogP contribution in [0.4, 0.5) is 101 Å². The molecule has 27 heteroatoms. The summed E-state index contributed by atoms with van der Waals surface area (Å²) in [4.78, 5) is 34.5. The molecule has 0 aliphatic heterocycles. The molecule has 0 N–H and O–H groups in total. The summed E-state index contributed by atoms with van der Waals surface area (Å²) < 4.78 is 313. The van der Waals surface area contributed by atoms with Crippen molar-refractivity contribution in [3.05, 3.63) is 12.8 Å². The summed E-state index contributed by atoms with van der Waals surface area (Å²) in [6.07, 6.45) is -35.7. The average molecular weight is 724 g/mol. The van der Waals surface area contributed by atoms with Crippen molar-refractivity contribution in [1.82, 2.24) is 0 Å². The van der Waals surface area contributed by atoms with Crippen LogP contribution >= 0.6 is 0 Å². The van der Waals surface area contributed by atoms with Gasteiger partial charge in [-0.3, -0.25) is 14.4 Å². The van der Waals surface area contributed by atoms with E-state index in [2.05, 4.69) is 11.3 Å². The van der Waals surface area contributed by atoms with Gasteiger partial charge in [0, 0.05) is 6.42 Å². The maximum absolute atomic E-state index is 14.8. The molecule has 0 aliphatic carbocycles. The zero-order valence-corrected chi connectivity index (χ0v) is 20.0. The SMILES string of the molecule is C=COCCC(F)(C(=O)C(F)(F)C(F)(C(=O)C(F)(F)C(F)(C(=O)C(F)(F)C(F)(F)C(F)(F)F)C(F)(F)F)C(F)(F)F)C(F)(F)F. The molecule has 0 amide bonds. The fourth-order valence-corrected chi connectivity index (χ4v) is 2.88. The van der Waals surface area contributed by atoms with Crippen LogP contribution in [-0.2, 0) is 19.1 Å². The topological polar surface area (TPSA) is 60.4 Å². The summed E-state index contributed by atoms with van der Waals surface area (Å²) in [5.74, 6) is -52.6. The highest BCUT2D eigenvalue weighted by Crippen LogP contribution is 2.59. The number of alkyl halides is 23. The van der Waals surface area contributed by atoms with Crippen molar-refractivity contribution in [2.24, 2.45) is 0 Å². The Morgan fingerprint density at radius 2 is 0.778 bits per heavy atom. The van der Waals surface area contributed by atoms with Crippen molar-refractivity contribution in [1.29, 1.82) is 0 Å². The predicted molar refractivity (Wildman–Crippen MR) is 91.3 cm³/mol. The Morgan fingerprint density at radius 1 is 0.467 bits per heavy atom. The van der Waals surface area contributed by atoms with Gasteiger partial charge >= 0.3 is 59.7 Å². The molecule has 3 atom stereocenters. The minimum Gasteiger partial charge on any atom is -0.502 e. The van der Waals surface area contributed by atoms with E-state index in [1.807, 2.05) is 0 Å². The van der Waals surface area contributed by atoms with Crippen LogP contribution in [0.2, 0.25) is 0 Å². The molecule has 0 aliphatic rings. The maximum Gasteiger partial charge on any atom is 0.460 e. The first kappa shape index (κ1) is 41.9. The lowest BCUT2D eigenvalue weighted by Crippen LogP contribution is -2.77. The van der Waals surface area contributed by atoms with Crippen LogP contribution in [0.15, 0.2) is 12.8 Å². The summed E-state index contributed by atoms with van der Waals surface area (Å²) >= 11 is 0. The third kappa shape index (κ3) is 5.97. The molecule has 0 fully saturated rings. The van der Waals surface area contributed by atoms with Crippen LogP contribution < -0.4 is 0 Å². The monoisotopic (exact) mass is 724 g/mol. The van der Waals surface area contributed by atoms with E-state index >= 15 is 0 Å². The molecular weight excluding hydrogens is 717 g/mol. The number of hydrogen-bond donors (Lipinski definition) is 0. The molecule has 0 aromatic rings. The minimum absolute atomic E-state index is 0.00568. The minimum atomic E-state index is -9.08. The Hall–Kier alpha value is -3.06. The van der Waals surface area contributed by atoms with Gasteiger partial charge < -0.3 is 4.74 Å². The van der Waals surface area contributed by atoms with Gasteiger partial charge in [0.15, 0.2) is 0 Å². The molecule has 0 aromatic carbocycles. The molecule has 0 rings (SSSR count). The van der Waals surface area contributed by atoms with Crippen LogP contribution in [0, 0.1) is 0 Å². The first-order chi connectivity index (χ1) is 19.3. The molecule has 264 valence electrons. The van der Waals surface area contributed by atoms with Crippen molar-refractivity contribution in [3.63, 3.8) is 0 Å². The lowest BCUT2D eigenvalue weighted by Gasteiger charge is -2.41. The van der Waals surface area contributed by atoms with E-state index in [1.54, 1.807) is 0 Å². The zero-order chi connectivity index (χ0) is 37.1. The van der Waals surface area contributed by atoms with Crippen LogP contribution in [-0.4, -0.2) is 89.4 Å². The first-order valence-corrected chi connectivity index (χ1v) is 10.00. The number of ether oxygens (including phenoxy) is 1. The van der Waals surface area contributed by atoms with Gasteiger partial charge in [0.2, 0.25) is 0 Å². The average Bonchev–Trinajstić information content (AvgIpc) is 2.82. The van der Waals surface area contributed by atoms with Gasteiger partial charge in [0.05, 0.1) is 12.9 Å². The van der Waals surface area contributed by atoms with Gasteiger partial charge in [-0.05, 0) is 0 Å². The molecule has 0 radical (unpaired) electrons. The Kier molecular flexibility index (Phi) is 10.6. The molecule has 0 spiro atoms. The first-order valence-electron chi connectivity index (χ1n) is 10.00. The standard InChI is InChI=1S/C18H7F23O4/c1-2-45-4-3-8(19,15(30,31)32)5(42)11(22,23)9(20,16(33,34)35)6(43)12(24,25)10(21,17(36,37)38)7(44)13(26,27)14(28,29)18(39,40)41/h2H,1,3-4H2. The zero-order valence-electron chi connectivity index (χ0n) is 20.0. The maximum atomic E-state index is 14.8. The quantitative estimate of drug-likeness (QED) is 0.115. The largest absolute Gasteiger partial charge is 0.502 e. The number of rotatable bonds is 13. The van der Waals surface area contributed by atoms with Gasteiger partial charge in [-0.25, -0.2) is 13.2 Å². The molecule has 45 heavy (non-hydrogen) atoms. The van der Waals surface area contributed by atoms with Crippen LogP contribution in [0.25, 0.3) is 0 Å². The third-order valence-electron chi connectivity index (χ3n) is 5.37. The second kappa shape index (κ2) is 11.3. The van der Waals surface area contributed by atoms with Crippen LogP contribution in [0.1, 0.15) is 6.42 Å². The van der Waals surface area contributed by atoms with Gasteiger partial charge in [-0.15, -0.1) is 0 Å². The Morgan fingerprint density at radius 3 is 1.04 bits per heavy atom. The summed E-state index contributed by atoms with van der Waals surface area (Å²) in [5, 5.41) is 0. The number of Topliss-reactive ketones (excluding diaryl/α,β-unsaturated/α-hetero) is 3. The van der Waals surface area contributed by atoms with Crippen molar-refractivity contribution in [2.45, 2.75) is 71.8 Å². The van der Waals surface area contributed by atoms with E-state index in [0.29, 0.717) is 0 Å². The summed E-state index contributed by atoms with van der Waals surface area (Å²) in [6.45, 7) is 0.473. The van der Waals surface area contributed by atoms with Crippen molar-refractivity contribution >= 4 is 17.3 Å². The summed E-state index contributed by atoms with van der Waals surface area (Å²) in [6, 6.07) is 0. The fraction of sp³-hybridized carbons (Fsp3) is 0.722. The number of carbonyl (C=O) groups excluding carboxylic acids is 3. The predicted octanol–water partition coefficient (Wildman–Crippen LogP) is 7.16. The lowest BCUT2D eigenvalue weighted by atomic mass is 9.75. The molecule has 0 saturated carbocycles. The van der Waals surface area contributed by atoms with Gasteiger partial charge in [0.1, 0.15) is 0 Å². The molecule has 0 bridgehead atoms. The van der Waals surface area contributed by atoms with E-state index in [4.69, 9.17) is 0 Å². The van der Waals surface area contributed by atoms with Gasteiger partial charge in [0.25, 0.3) is 23.0 Å². The second-order valence-electron chi connectivity index (χ2n) is 8.18. The number of hydrogen-bond acceptors (Lipinski definition) is 4. The van der Waals surface area contributed by atoms with Crippen LogP contribution in [0.3, 0.4) is 0 Å². The molecule has 3 unspecified atom stereocenters.